The summed E-state index contributed by atoms with van der Waals surface area (Å²) in [6.07, 6.45) is 1.91. The van der Waals surface area contributed by atoms with Crippen LogP contribution >= 0.6 is 0 Å². The molecule has 0 N–H and O–H groups in total. The van der Waals surface area contributed by atoms with Crippen molar-refractivity contribution in [1.82, 2.24) is 0 Å². The Kier molecular flexibility index (Phi) is 2.17. The van der Waals surface area contributed by atoms with Crippen molar-refractivity contribution in [2.75, 3.05) is 0 Å². The minimum atomic E-state index is -1.10. The Bertz CT molecular complexity index is 180. The molecule has 0 aliphatic heterocycles. The van der Waals surface area contributed by atoms with Crippen LogP contribution in [0.15, 0.2) is 0 Å². The van der Waals surface area contributed by atoms with E-state index in [0.717, 1.165) is 6.42 Å². The molecular weight excluding hydrogens is 141 g/mol. The lowest BCUT2D eigenvalue weighted by atomic mass is 9.75. The molecule has 0 saturated heterocycles. The molecule has 0 aromatic carbocycles. The van der Waals surface area contributed by atoms with Crippen molar-refractivity contribution in [2.45, 2.75) is 38.8 Å². The van der Waals surface area contributed by atoms with Gasteiger partial charge in [-0.1, -0.05) is 6.92 Å². The molecule has 62 valence electrons. The van der Waals surface area contributed by atoms with Gasteiger partial charge >= 0.3 is 0 Å². The Morgan fingerprint density at radius 2 is 2.18 bits per heavy atom. The minimum Gasteiger partial charge on any atom is -0.244 e. The summed E-state index contributed by atoms with van der Waals surface area (Å²) in [5, 5.41) is 8.62. The highest BCUT2D eigenvalue weighted by molar-refractivity contribution is 4.95. The lowest BCUT2D eigenvalue weighted by Crippen LogP contribution is -2.31. The summed E-state index contributed by atoms with van der Waals surface area (Å²) in [6, 6.07) is 2.15. The fraction of sp³-hybridized carbons (Fsp3) is 0.889. The molecule has 11 heavy (non-hydrogen) atoms. The molecule has 0 radical (unpaired) electrons. The predicted octanol–water partition coefficient (Wildman–Crippen LogP) is 2.67. The summed E-state index contributed by atoms with van der Waals surface area (Å²) >= 11 is 0. The van der Waals surface area contributed by atoms with Gasteiger partial charge in [-0.05, 0) is 32.1 Å². The molecule has 1 aliphatic carbocycles. The van der Waals surface area contributed by atoms with Gasteiger partial charge < -0.3 is 0 Å². The first-order chi connectivity index (χ1) is 5.03. The smallest absolute Gasteiger partial charge is 0.109 e. The fourth-order valence-electron chi connectivity index (χ4n) is 2.07. The zero-order valence-electron chi connectivity index (χ0n) is 7.10. The number of rotatable bonds is 0. The molecule has 1 saturated carbocycles. The van der Waals surface area contributed by atoms with E-state index in [-0.39, 0.29) is 5.92 Å². The maximum Gasteiger partial charge on any atom is 0.109 e. The van der Waals surface area contributed by atoms with Gasteiger partial charge in [0.1, 0.15) is 5.67 Å². The van der Waals surface area contributed by atoms with Crippen LogP contribution in [0.4, 0.5) is 4.39 Å². The van der Waals surface area contributed by atoms with Gasteiger partial charge in [0.2, 0.25) is 0 Å². The third-order valence-corrected chi connectivity index (χ3v) is 2.32. The molecule has 0 amide bonds. The molecule has 0 spiro atoms. The van der Waals surface area contributed by atoms with Crippen LogP contribution in [-0.2, 0) is 0 Å². The molecule has 1 rings (SSSR count). The molecule has 3 atom stereocenters. The SMILES string of the molecule is CC1CC(C#N)CC(C)(F)C1. The van der Waals surface area contributed by atoms with E-state index < -0.39 is 5.67 Å². The molecule has 0 aromatic rings. The Balaban J connectivity index is 2.60. The van der Waals surface area contributed by atoms with Gasteiger partial charge in [0.25, 0.3) is 0 Å². The van der Waals surface area contributed by atoms with Gasteiger partial charge in [-0.3, -0.25) is 0 Å². The Labute approximate surface area is 67.2 Å². The van der Waals surface area contributed by atoms with Crippen LogP contribution in [-0.4, -0.2) is 5.67 Å². The molecule has 3 unspecified atom stereocenters. The number of nitriles is 1. The highest BCUT2D eigenvalue weighted by Gasteiger charge is 2.35. The van der Waals surface area contributed by atoms with Gasteiger partial charge in [0, 0.05) is 5.92 Å². The Hall–Kier alpha value is -0.580. The van der Waals surface area contributed by atoms with Crippen LogP contribution in [0, 0.1) is 23.2 Å². The van der Waals surface area contributed by atoms with E-state index in [4.69, 9.17) is 5.26 Å². The first-order valence-corrected chi connectivity index (χ1v) is 4.12. The van der Waals surface area contributed by atoms with Crippen LogP contribution in [0.25, 0.3) is 0 Å². The van der Waals surface area contributed by atoms with Crippen molar-refractivity contribution in [3.63, 3.8) is 0 Å². The van der Waals surface area contributed by atoms with Crippen LogP contribution in [0.1, 0.15) is 33.1 Å². The third kappa shape index (κ3) is 2.18. The van der Waals surface area contributed by atoms with Gasteiger partial charge in [-0.2, -0.15) is 5.26 Å². The molecule has 0 bridgehead atoms. The average molecular weight is 155 g/mol. The van der Waals surface area contributed by atoms with E-state index in [0.29, 0.717) is 18.8 Å². The molecule has 1 aliphatic rings. The van der Waals surface area contributed by atoms with Crippen LogP contribution in [0.5, 0.6) is 0 Å². The Morgan fingerprint density at radius 3 is 2.64 bits per heavy atom. The van der Waals surface area contributed by atoms with E-state index in [1.54, 1.807) is 6.92 Å². The first-order valence-electron chi connectivity index (χ1n) is 4.12. The highest BCUT2D eigenvalue weighted by Crippen LogP contribution is 2.37. The van der Waals surface area contributed by atoms with E-state index in [1.165, 1.54) is 0 Å². The fourth-order valence-corrected chi connectivity index (χ4v) is 2.07. The molecule has 1 nitrogen and oxygen atoms in total. The second-order valence-electron chi connectivity index (χ2n) is 3.99. The van der Waals surface area contributed by atoms with Crippen molar-refractivity contribution >= 4 is 0 Å². The lowest BCUT2D eigenvalue weighted by molar-refractivity contribution is 0.0805. The maximum absolute atomic E-state index is 13.4. The normalized spacial score (nSPS) is 44.9. The molecule has 0 aromatic heterocycles. The van der Waals surface area contributed by atoms with Crippen LogP contribution < -0.4 is 0 Å². The highest BCUT2D eigenvalue weighted by atomic mass is 19.1. The molecular formula is C9H14FN. The maximum atomic E-state index is 13.4. The van der Waals surface area contributed by atoms with E-state index in [1.807, 2.05) is 6.92 Å². The average Bonchev–Trinajstić information content (AvgIpc) is 1.83. The zero-order valence-corrected chi connectivity index (χ0v) is 7.10. The quantitative estimate of drug-likeness (QED) is 0.527. The van der Waals surface area contributed by atoms with Gasteiger partial charge in [0.15, 0.2) is 0 Å². The van der Waals surface area contributed by atoms with Crippen LogP contribution in [0.3, 0.4) is 0 Å². The van der Waals surface area contributed by atoms with Crippen molar-refractivity contribution in [1.29, 1.82) is 5.26 Å². The largest absolute Gasteiger partial charge is 0.244 e. The summed E-state index contributed by atoms with van der Waals surface area (Å²) in [7, 11) is 0. The minimum absolute atomic E-state index is 0.0613. The number of hydrogen-bond acceptors (Lipinski definition) is 1. The third-order valence-electron chi connectivity index (χ3n) is 2.32. The van der Waals surface area contributed by atoms with Crippen molar-refractivity contribution in [2.24, 2.45) is 11.8 Å². The topological polar surface area (TPSA) is 23.8 Å². The van der Waals surface area contributed by atoms with E-state index in [9.17, 15) is 4.39 Å². The Morgan fingerprint density at radius 1 is 1.55 bits per heavy atom. The molecule has 0 heterocycles. The molecule has 1 fully saturated rings. The number of nitrogens with zero attached hydrogens (tertiary/aromatic N) is 1. The lowest BCUT2D eigenvalue weighted by Gasteiger charge is -2.32. The summed E-state index contributed by atoms with van der Waals surface area (Å²) in [4.78, 5) is 0. The zero-order chi connectivity index (χ0) is 8.48. The van der Waals surface area contributed by atoms with Gasteiger partial charge in [0.05, 0.1) is 6.07 Å². The monoisotopic (exact) mass is 155 g/mol. The van der Waals surface area contributed by atoms with E-state index in [2.05, 4.69) is 6.07 Å². The number of hydrogen-bond donors (Lipinski definition) is 0. The first kappa shape index (κ1) is 8.52. The van der Waals surface area contributed by atoms with Gasteiger partial charge in [-0.25, -0.2) is 4.39 Å². The second kappa shape index (κ2) is 2.81. The number of halogens is 1. The summed E-state index contributed by atoms with van der Waals surface area (Å²) < 4.78 is 13.4. The van der Waals surface area contributed by atoms with Crippen molar-refractivity contribution in [3.8, 4) is 6.07 Å². The van der Waals surface area contributed by atoms with Crippen LogP contribution in [0.2, 0.25) is 0 Å². The molecule has 2 heteroatoms. The summed E-state index contributed by atoms with van der Waals surface area (Å²) in [6.45, 7) is 3.62. The standard InChI is InChI=1S/C9H14FN/c1-7-3-8(6-11)5-9(2,10)4-7/h7-8H,3-5H2,1-2H3. The predicted molar refractivity (Wildman–Crippen MR) is 41.6 cm³/mol. The summed E-state index contributed by atoms with van der Waals surface area (Å²) in [5.41, 5.74) is -1.10. The summed E-state index contributed by atoms with van der Waals surface area (Å²) in [5.74, 6) is 0.303. The van der Waals surface area contributed by atoms with Crippen molar-refractivity contribution < 1.29 is 4.39 Å². The second-order valence-corrected chi connectivity index (χ2v) is 3.99. The van der Waals surface area contributed by atoms with Gasteiger partial charge in [-0.15, -0.1) is 0 Å². The van der Waals surface area contributed by atoms with E-state index >= 15 is 0 Å². The van der Waals surface area contributed by atoms with Crippen molar-refractivity contribution in [3.05, 3.63) is 0 Å². The number of alkyl halides is 1.